The number of carbonyl (C=O) groups excluding carboxylic acids is 3. The molecule has 0 radical (unpaired) electrons. The molecule has 136 valence electrons. The summed E-state index contributed by atoms with van der Waals surface area (Å²) in [5, 5.41) is 5.79. The van der Waals surface area contributed by atoms with Crippen molar-refractivity contribution >= 4 is 35.1 Å². The van der Waals surface area contributed by atoms with E-state index in [-0.39, 0.29) is 17.9 Å². The van der Waals surface area contributed by atoms with Gasteiger partial charge in [-0.3, -0.25) is 9.59 Å². The van der Waals surface area contributed by atoms with Crippen LogP contribution in [0.1, 0.15) is 22.8 Å². The van der Waals surface area contributed by atoms with Crippen LogP contribution in [0.15, 0.2) is 48.5 Å². The lowest BCUT2D eigenvalue weighted by Crippen LogP contribution is -2.43. The van der Waals surface area contributed by atoms with Crippen molar-refractivity contribution in [3.05, 3.63) is 64.7 Å². The van der Waals surface area contributed by atoms with Crippen LogP contribution in [0.25, 0.3) is 0 Å². The minimum absolute atomic E-state index is 0.223. The third-order valence-corrected chi connectivity index (χ3v) is 3.84. The lowest BCUT2D eigenvalue weighted by Gasteiger charge is -2.18. The van der Waals surface area contributed by atoms with Gasteiger partial charge < -0.3 is 15.4 Å². The molecule has 2 amide bonds. The van der Waals surface area contributed by atoms with E-state index in [1.165, 1.54) is 14.0 Å². The molecule has 0 heterocycles. The topological polar surface area (TPSA) is 84.5 Å². The Labute approximate surface area is 156 Å². The van der Waals surface area contributed by atoms with Gasteiger partial charge >= 0.3 is 5.97 Å². The highest BCUT2D eigenvalue weighted by atomic mass is 35.5. The summed E-state index contributed by atoms with van der Waals surface area (Å²) in [6.07, 6.45) is 0.223. The van der Waals surface area contributed by atoms with Gasteiger partial charge in [-0.2, -0.15) is 0 Å². The van der Waals surface area contributed by atoms with Crippen molar-refractivity contribution in [2.75, 3.05) is 12.4 Å². The van der Waals surface area contributed by atoms with Gasteiger partial charge in [-0.1, -0.05) is 35.9 Å². The Morgan fingerprint density at radius 3 is 2.50 bits per heavy atom. The SMILES string of the molecule is COC(=O)[C@@H](Cc1cccc(Cl)c1)NC(=O)c1ccccc1NC(C)=O. The van der Waals surface area contributed by atoms with E-state index >= 15 is 0 Å². The quantitative estimate of drug-likeness (QED) is 0.761. The third-order valence-electron chi connectivity index (χ3n) is 3.60. The van der Waals surface area contributed by atoms with Crippen molar-refractivity contribution in [1.82, 2.24) is 5.32 Å². The second-order valence-corrected chi connectivity index (χ2v) is 6.05. The number of amides is 2. The van der Waals surface area contributed by atoms with Crippen molar-refractivity contribution in [2.45, 2.75) is 19.4 Å². The summed E-state index contributed by atoms with van der Waals surface area (Å²) >= 11 is 5.97. The molecule has 0 fully saturated rings. The van der Waals surface area contributed by atoms with Crippen LogP contribution in [0, 0.1) is 0 Å². The molecule has 7 heteroatoms. The highest BCUT2D eigenvalue weighted by molar-refractivity contribution is 6.30. The van der Waals surface area contributed by atoms with E-state index in [4.69, 9.17) is 16.3 Å². The molecule has 2 rings (SSSR count). The molecule has 0 bridgehead atoms. The molecule has 26 heavy (non-hydrogen) atoms. The minimum atomic E-state index is -0.892. The fraction of sp³-hybridized carbons (Fsp3) is 0.211. The summed E-state index contributed by atoms with van der Waals surface area (Å²) in [7, 11) is 1.25. The van der Waals surface area contributed by atoms with E-state index in [0.717, 1.165) is 5.56 Å². The van der Waals surface area contributed by atoms with E-state index < -0.39 is 17.9 Å². The molecule has 0 saturated heterocycles. The summed E-state index contributed by atoms with van der Waals surface area (Å²) in [6.45, 7) is 1.35. The van der Waals surface area contributed by atoms with Crippen molar-refractivity contribution in [1.29, 1.82) is 0 Å². The zero-order valence-corrected chi connectivity index (χ0v) is 15.2. The van der Waals surface area contributed by atoms with Gasteiger partial charge in [0, 0.05) is 18.4 Å². The van der Waals surface area contributed by atoms with Crippen LogP contribution >= 0.6 is 11.6 Å². The number of para-hydroxylation sites is 1. The monoisotopic (exact) mass is 374 g/mol. The Hall–Kier alpha value is -2.86. The number of esters is 1. The van der Waals surface area contributed by atoms with Crippen LogP contribution in [0.5, 0.6) is 0 Å². The Balaban J connectivity index is 2.22. The lowest BCUT2D eigenvalue weighted by atomic mass is 10.0. The van der Waals surface area contributed by atoms with E-state index in [1.54, 1.807) is 48.5 Å². The molecule has 2 aromatic carbocycles. The molecule has 0 saturated carbocycles. The van der Waals surface area contributed by atoms with Crippen LogP contribution in [0.3, 0.4) is 0 Å². The average Bonchev–Trinajstić information content (AvgIpc) is 2.60. The molecular formula is C19H19ClN2O4. The third kappa shape index (κ3) is 5.32. The highest BCUT2D eigenvalue weighted by Crippen LogP contribution is 2.16. The first-order valence-electron chi connectivity index (χ1n) is 7.90. The predicted octanol–water partition coefficient (Wildman–Crippen LogP) is 2.81. The van der Waals surface area contributed by atoms with Crippen LogP contribution in [0.2, 0.25) is 5.02 Å². The number of rotatable bonds is 6. The average molecular weight is 375 g/mol. The first-order chi connectivity index (χ1) is 12.4. The molecule has 0 aromatic heterocycles. The summed E-state index contributed by atoms with van der Waals surface area (Å²) in [4.78, 5) is 36.0. The van der Waals surface area contributed by atoms with Crippen molar-refractivity contribution < 1.29 is 19.1 Å². The van der Waals surface area contributed by atoms with Gasteiger partial charge in [0.25, 0.3) is 5.91 Å². The Bertz CT molecular complexity index is 823. The molecular weight excluding hydrogens is 356 g/mol. The number of hydrogen-bond acceptors (Lipinski definition) is 4. The van der Waals surface area contributed by atoms with Gasteiger partial charge in [0.15, 0.2) is 0 Å². The molecule has 0 unspecified atom stereocenters. The van der Waals surface area contributed by atoms with Crippen LogP contribution in [-0.4, -0.2) is 30.9 Å². The van der Waals surface area contributed by atoms with Gasteiger partial charge in [0.2, 0.25) is 5.91 Å². The van der Waals surface area contributed by atoms with Crippen LogP contribution in [-0.2, 0) is 20.7 Å². The number of benzene rings is 2. The largest absolute Gasteiger partial charge is 0.467 e. The lowest BCUT2D eigenvalue weighted by molar-refractivity contribution is -0.142. The predicted molar refractivity (Wildman–Crippen MR) is 99.2 cm³/mol. The smallest absolute Gasteiger partial charge is 0.328 e. The van der Waals surface area contributed by atoms with E-state index in [9.17, 15) is 14.4 Å². The zero-order chi connectivity index (χ0) is 19.1. The molecule has 0 spiro atoms. The van der Waals surface area contributed by atoms with Gasteiger partial charge in [0.05, 0.1) is 18.4 Å². The maximum atomic E-state index is 12.6. The Kier molecular flexibility index (Phi) is 6.74. The number of ether oxygens (including phenoxy) is 1. The molecule has 6 nitrogen and oxygen atoms in total. The Morgan fingerprint density at radius 1 is 1.12 bits per heavy atom. The highest BCUT2D eigenvalue weighted by Gasteiger charge is 2.24. The number of carbonyl (C=O) groups is 3. The number of nitrogens with one attached hydrogen (secondary N) is 2. The normalized spacial score (nSPS) is 11.3. The molecule has 2 aromatic rings. The first-order valence-corrected chi connectivity index (χ1v) is 8.28. The standard InChI is InChI=1S/C19H19ClN2O4/c1-12(23)21-16-9-4-3-8-15(16)18(24)22-17(19(25)26-2)11-13-6-5-7-14(20)10-13/h3-10,17H,11H2,1-2H3,(H,21,23)(H,22,24)/t17-/m1/s1. The molecule has 1 atom stereocenters. The van der Waals surface area contributed by atoms with Gasteiger partial charge in [-0.05, 0) is 29.8 Å². The second kappa shape index (κ2) is 9.01. The maximum absolute atomic E-state index is 12.6. The van der Waals surface area contributed by atoms with Crippen molar-refractivity contribution in [2.24, 2.45) is 0 Å². The number of halogens is 1. The van der Waals surface area contributed by atoms with E-state index in [1.807, 2.05) is 0 Å². The van der Waals surface area contributed by atoms with Crippen molar-refractivity contribution in [3.63, 3.8) is 0 Å². The minimum Gasteiger partial charge on any atom is -0.467 e. The first kappa shape index (κ1) is 19.5. The number of methoxy groups -OCH3 is 1. The summed E-state index contributed by atoms with van der Waals surface area (Å²) in [5.41, 5.74) is 1.40. The van der Waals surface area contributed by atoms with Crippen molar-refractivity contribution in [3.8, 4) is 0 Å². The van der Waals surface area contributed by atoms with Crippen LogP contribution < -0.4 is 10.6 Å². The fourth-order valence-corrected chi connectivity index (χ4v) is 2.66. The Morgan fingerprint density at radius 2 is 1.85 bits per heavy atom. The van der Waals surface area contributed by atoms with E-state index in [0.29, 0.717) is 10.7 Å². The molecule has 0 aliphatic carbocycles. The van der Waals surface area contributed by atoms with Gasteiger partial charge in [-0.25, -0.2) is 4.79 Å². The summed E-state index contributed by atoms with van der Waals surface area (Å²) in [6, 6.07) is 12.7. The number of anilines is 1. The molecule has 0 aliphatic rings. The van der Waals surface area contributed by atoms with Gasteiger partial charge in [0.1, 0.15) is 6.04 Å². The number of hydrogen-bond donors (Lipinski definition) is 2. The van der Waals surface area contributed by atoms with E-state index in [2.05, 4.69) is 10.6 Å². The molecule has 0 aliphatic heterocycles. The fourth-order valence-electron chi connectivity index (χ4n) is 2.45. The zero-order valence-electron chi connectivity index (χ0n) is 14.4. The second-order valence-electron chi connectivity index (χ2n) is 5.61. The van der Waals surface area contributed by atoms with Gasteiger partial charge in [-0.15, -0.1) is 0 Å². The molecule has 2 N–H and O–H groups in total. The summed E-state index contributed by atoms with van der Waals surface area (Å²) in [5.74, 6) is -1.36. The summed E-state index contributed by atoms with van der Waals surface area (Å²) < 4.78 is 4.79. The van der Waals surface area contributed by atoms with Crippen LogP contribution in [0.4, 0.5) is 5.69 Å². The maximum Gasteiger partial charge on any atom is 0.328 e.